The molecule has 0 N–H and O–H groups in total. The molecular weight excluding hydrogens is 372 g/mol. The first-order chi connectivity index (χ1) is 12.6. The molecular formula is C18H15ClN4O2S. The highest BCUT2D eigenvalue weighted by atomic mass is 35.5. The van der Waals surface area contributed by atoms with E-state index in [9.17, 15) is 4.79 Å². The summed E-state index contributed by atoms with van der Waals surface area (Å²) in [5.41, 5.74) is 1.47. The lowest BCUT2D eigenvalue weighted by molar-refractivity contribution is 0.501. The largest absolute Gasteiger partial charge is 0.467 e. The van der Waals surface area contributed by atoms with E-state index in [2.05, 4.69) is 15.0 Å². The number of fused-ring (bicyclic) bond motifs is 1. The van der Waals surface area contributed by atoms with Gasteiger partial charge in [-0.05, 0) is 43.3 Å². The van der Waals surface area contributed by atoms with Crippen LogP contribution in [0.25, 0.3) is 4.96 Å². The molecule has 3 heterocycles. The van der Waals surface area contributed by atoms with E-state index in [1.54, 1.807) is 6.26 Å². The van der Waals surface area contributed by atoms with E-state index < -0.39 is 0 Å². The third-order valence-electron chi connectivity index (χ3n) is 3.87. The summed E-state index contributed by atoms with van der Waals surface area (Å²) < 4.78 is 6.82. The van der Waals surface area contributed by atoms with Gasteiger partial charge in [-0.3, -0.25) is 4.79 Å². The van der Waals surface area contributed by atoms with Crippen LogP contribution >= 0.6 is 22.9 Å². The number of anilines is 1. The third kappa shape index (κ3) is 3.49. The number of benzene rings is 1. The maximum Gasteiger partial charge on any atom is 0.275 e. The van der Waals surface area contributed by atoms with Crippen LogP contribution in [0.1, 0.15) is 16.5 Å². The summed E-state index contributed by atoms with van der Waals surface area (Å²) in [6.45, 7) is 2.87. The van der Waals surface area contributed by atoms with E-state index >= 15 is 0 Å². The fourth-order valence-electron chi connectivity index (χ4n) is 2.71. The zero-order valence-corrected chi connectivity index (χ0v) is 15.5. The highest BCUT2D eigenvalue weighted by molar-refractivity contribution is 7.16. The molecule has 0 fully saturated rings. The van der Waals surface area contributed by atoms with E-state index in [0.717, 1.165) is 16.5 Å². The van der Waals surface area contributed by atoms with Crippen molar-refractivity contribution in [1.82, 2.24) is 14.6 Å². The van der Waals surface area contributed by atoms with E-state index in [4.69, 9.17) is 16.0 Å². The van der Waals surface area contributed by atoms with Crippen molar-refractivity contribution >= 4 is 33.6 Å². The normalized spacial score (nSPS) is 11.2. The molecule has 0 radical (unpaired) electrons. The molecule has 0 bridgehead atoms. The first-order valence-electron chi connectivity index (χ1n) is 7.98. The summed E-state index contributed by atoms with van der Waals surface area (Å²) in [6, 6.07) is 12.8. The van der Waals surface area contributed by atoms with Gasteiger partial charge in [0.1, 0.15) is 10.8 Å². The van der Waals surface area contributed by atoms with Crippen LogP contribution in [0.15, 0.2) is 57.9 Å². The third-order valence-corrected chi connectivity index (χ3v) is 4.95. The zero-order valence-electron chi connectivity index (χ0n) is 13.9. The molecule has 0 atom stereocenters. The van der Waals surface area contributed by atoms with Gasteiger partial charge < -0.3 is 9.32 Å². The van der Waals surface area contributed by atoms with Crippen LogP contribution in [-0.2, 0) is 13.1 Å². The number of nitrogens with zero attached hydrogens (tertiary/aromatic N) is 4. The van der Waals surface area contributed by atoms with Crippen molar-refractivity contribution in [2.24, 2.45) is 0 Å². The molecule has 0 saturated carbocycles. The van der Waals surface area contributed by atoms with E-state index in [1.165, 1.54) is 21.9 Å². The van der Waals surface area contributed by atoms with Gasteiger partial charge in [0.2, 0.25) is 4.96 Å². The van der Waals surface area contributed by atoms with Gasteiger partial charge >= 0.3 is 0 Å². The molecule has 3 aromatic heterocycles. The van der Waals surface area contributed by atoms with Crippen molar-refractivity contribution in [2.45, 2.75) is 20.0 Å². The molecule has 8 heteroatoms. The van der Waals surface area contributed by atoms with Crippen LogP contribution in [0, 0.1) is 6.92 Å². The summed E-state index contributed by atoms with van der Waals surface area (Å²) in [7, 11) is 0. The van der Waals surface area contributed by atoms with Gasteiger partial charge in [0.15, 0.2) is 0 Å². The molecule has 6 nitrogen and oxygen atoms in total. The molecule has 0 aliphatic heterocycles. The van der Waals surface area contributed by atoms with Gasteiger partial charge in [0.25, 0.3) is 5.56 Å². The Kier molecular flexibility index (Phi) is 4.48. The van der Waals surface area contributed by atoms with Gasteiger partial charge in [-0.2, -0.15) is 9.61 Å². The minimum Gasteiger partial charge on any atom is -0.467 e. The monoisotopic (exact) mass is 386 g/mol. The zero-order chi connectivity index (χ0) is 18.1. The summed E-state index contributed by atoms with van der Waals surface area (Å²) in [5.74, 6) is 0.825. The fraction of sp³-hybridized carbons (Fsp3) is 0.167. The Hall–Kier alpha value is -2.64. The lowest BCUT2D eigenvalue weighted by atomic mass is 10.2. The predicted molar refractivity (Wildman–Crippen MR) is 102 cm³/mol. The Morgan fingerprint density at radius 2 is 2.04 bits per heavy atom. The minimum absolute atomic E-state index is 0.177. The van der Waals surface area contributed by atoms with Crippen LogP contribution in [0.5, 0.6) is 0 Å². The second-order valence-corrected chi connectivity index (χ2v) is 7.41. The second kappa shape index (κ2) is 6.93. The van der Waals surface area contributed by atoms with Crippen LogP contribution in [0.2, 0.25) is 5.02 Å². The molecule has 26 heavy (non-hydrogen) atoms. The molecule has 4 aromatic rings. The van der Waals surface area contributed by atoms with Crippen LogP contribution in [0.3, 0.4) is 0 Å². The average molecular weight is 387 g/mol. The first kappa shape index (κ1) is 16.8. The maximum atomic E-state index is 12.3. The van der Waals surface area contributed by atoms with Crippen molar-refractivity contribution in [3.05, 3.63) is 80.6 Å². The Morgan fingerprint density at radius 1 is 1.23 bits per heavy atom. The molecule has 4 rings (SSSR count). The Labute approximate surface area is 158 Å². The van der Waals surface area contributed by atoms with Gasteiger partial charge in [0.05, 0.1) is 25.0 Å². The SMILES string of the molecule is Cc1nn2c(=O)cc(CN(Cc3ccco3)c3ccc(Cl)cc3)nc2s1. The summed E-state index contributed by atoms with van der Waals surface area (Å²) >= 11 is 7.41. The van der Waals surface area contributed by atoms with E-state index in [1.807, 2.05) is 43.3 Å². The van der Waals surface area contributed by atoms with Crippen LogP contribution < -0.4 is 10.5 Å². The Bertz CT molecular complexity index is 1090. The van der Waals surface area contributed by atoms with Gasteiger partial charge in [0, 0.05) is 16.8 Å². The number of rotatable bonds is 5. The highest BCUT2D eigenvalue weighted by Gasteiger charge is 2.14. The smallest absolute Gasteiger partial charge is 0.275 e. The molecule has 0 unspecified atom stereocenters. The molecule has 132 valence electrons. The molecule has 0 amide bonds. The highest BCUT2D eigenvalue weighted by Crippen LogP contribution is 2.22. The van der Waals surface area contributed by atoms with Gasteiger partial charge in [-0.25, -0.2) is 4.98 Å². The van der Waals surface area contributed by atoms with Crippen molar-refractivity contribution in [1.29, 1.82) is 0 Å². The van der Waals surface area contributed by atoms with Crippen molar-refractivity contribution in [3.8, 4) is 0 Å². The molecule has 0 saturated heterocycles. The lowest BCUT2D eigenvalue weighted by Gasteiger charge is -2.23. The number of hydrogen-bond donors (Lipinski definition) is 0. The minimum atomic E-state index is -0.177. The molecule has 0 spiro atoms. The van der Waals surface area contributed by atoms with E-state index in [0.29, 0.717) is 28.8 Å². The number of aromatic nitrogens is 3. The predicted octanol–water partition coefficient (Wildman–Crippen LogP) is 3.91. The standard InChI is InChI=1S/C18H15ClN4O2S/c1-12-21-23-17(24)9-14(20-18(23)26-12)10-22(11-16-3-2-8-25-16)15-6-4-13(19)5-7-15/h2-9H,10-11H2,1H3. The first-order valence-corrected chi connectivity index (χ1v) is 9.17. The molecule has 1 aromatic carbocycles. The summed E-state index contributed by atoms with van der Waals surface area (Å²) in [5, 5.41) is 5.65. The second-order valence-electron chi connectivity index (χ2n) is 5.81. The van der Waals surface area contributed by atoms with Crippen molar-refractivity contribution in [3.63, 3.8) is 0 Å². The summed E-state index contributed by atoms with van der Waals surface area (Å²) in [6.07, 6.45) is 1.65. The van der Waals surface area contributed by atoms with E-state index in [-0.39, 0.29) is 5.56 Å². The molecule has 0 aliphatic carbocycles. The number of aryl methyl sites for hydroxylation is 1. The Morgan fingerprint density at radius 3 is 2.77 bits per heavy atom. The lowest BCUT2D eigenvalue weighted by Crippen LogP contribution is -2.24. The number of halogens is 1. The van der Waals surface area contributed by atoms with Crippen LogP contribution in [0.4, 0.5) is 5.69 Å². The molecule has 0 aliphatic rings. The van der Waals surface area contributed by atoms with Crippen molar-refractivity contribution < 1.29 is 4.42 Å². The Balaban J connectivity index is 1.69. The summed E-state index contributed by atoms with van der Waals surface area (Å²) in [4.78, 5) is 19.6. The van der Waals surface area contributed by atoms with Crippen molar-refractivity contribution in [2.75, 3.05) is 4.90 Å². The number of furan rings is 1. The quantitative estimate of drug-likeness (QED) is 0.520. The number of hydrogen-bond acceptors (Lipinski definition) is 6. The maximum absolute atomic E-state index is 12.3. The van der Waals surface area contributed by atoms with Gasteiger partial charge in [-0.1, -0.05) is 22.9 Å². The van der Waals surface area contributed by atoms with Gasteiger partial charge in [-0.15, -0.1) is 0 Å². The van der Waals surface area contributed by atoms with Crippen LogP contribution in [-0.4, -0.2) is 14.6 Å². The fourth-order valence-corrected chi connectivity index (χ4v) is 3.60. The average Bonchev–Trinajstić information content (AvgIpc) is 3.24. The topological polar surface area (TPSA) is 63.6 Å².